The first-order valence-electron chi connectivity index (χ1n) is 6.97. The summed E-state index contributed by atoms with van der Waals surface area (Å²) < 4.78 is 11.3. The predicted octanol–water partition coefficient (Wildman–Crippen LogP) is 3.79. The molecule has 0 aliphatic heterocycles. The molecule has 0 bridgehead atoms. The van der Waals surface area contributed by atoms with E-state index in [2.05, 4.69) is 24.1 Å². The number of rotatable bonds is 7. The molecule has 1 aromatic rings. The fourth-order valence-electron chi connectivity index (χ4n) is 1.51. The first-order valence-corrected chi connectivity index (χ1v) is 8.57. The normalized spacial score (nSPS) is 12.2. The summed E-state index contributed by atoms with van der Waals surface area (Å²) in [5, 5.41) is 8.63. The zero-order valence-electron chi connectivity index (χ0n) is 13.3. The van der Waals surface area contributed by atoms with Crippen molar-refractivity contribution in [3.63, 3.8) is 0 Å². The molecule has 0 fully saturated rings. The Morgan fingerprint density at radius 2 is 2.14 bits per heavy atom. The van der Waals surface area contributed by atoms with E-state index in [4.69, 9.17) is 26.8 Å². The van der Waals surface area contributed by atoms with Gasteiger partial charge in [-0.25, -0.2) is 0 Å². The summed E-state index contributed by atoms with van der Waals surface area (Å²) in [5.41, 5.74) is 6.33. The standard InChI is InChI=1S/C15H22ClN3O2S/c1-5-20-13-7-11(8-18-19-15(17)22-4)6-12(16)14(13)21-9-10(2)3/h6-8,10H,5,9H2,1-4H3,(H2,17,19)/b18-8-. The zero-order chi connectivity index (χ0) is 16.5. The van der Waals surface area contributed by atoms with E-state index in [1.165, 1.54) is 11.8 Å². The Bertz CT molecular complexity index is 548. The number of hydrogen-bond donors (Lipinski definition) is 1. The zero-order valence-corrected chi connectivity index (χ0v) is 14.9. The van der Waals surface area contributed by atoms with Crippen LogP contribution in [0.25, 0.3) is 0 Å². The highest BCUT2D eigenvalue weighted by atomic mass is 35.5. The molecule has 0 saturated carbocycles. The van der Waals surface area contributed by atoms with Crippen molar-refractivity contribution in [2.24, 2.45) is 21.9 Å². The van der Waals surface area contributed by atoms with Crippen molar-refractivity contribution >= 4 is 34.7 Å². The van der Waals surface area contributed by atoms with Gasteiger partial charge in [0.2, 0.25) is 0 Å². The molecule has 0 spiro atoms. The molecule has 0 aromatic heterocycles. The highest BCUT2D eigenvalue weighted by Crippen LogP contribution is 2.36. The Labute approximate surface area is 140 Å². The van der Waals surface area contributed by atoms with Crippen LogP contribution in [0.3, 0.4) is 0 Å². The lowest BCUT2D eigenvalue weighted by Gasteiger charge is -2.15. The van der Waals surface area contributed by atoms with E-state index in [-0.39, 0.29) is 0 Å². The summed E-state index contributed by atoms with van der Waals surface area (Å²) in [5.74, 6) is 1.55. The van der Waals surface area contributed by atoms with Crippen molar-refractivity contribution in [1.29, 1.82) is 0 Å². The van der Waals surface area contributed by atoms with Gasteiger partial charge in [-0.05, 0) is 31.2 Å². The molecule has 1 aromatic carbocycles. The number of thioether (sulfide) groups is 1. The SMILES string of the molecule is CCOc1cc(/C=N\N=C(/N)SC)cc(Cl)c1OCC(C)C. The van der Waals surface area contributed by atoms with Gasteiger partial charge in [0.25, 0.3) is 0 Å². The summed E-state index contributed by atoms with van der Waals surface area (Å²) in [4.78, 5) is 0. The monoisotopic (exact) mass is 343 g/mol. The molecule has 0 atom stereocenters. The van der Waals surface area contributed by atoms with Crippen LogP contribution in [0.5, 0.6) is 11.5 Å². The van der Waals surface area contributed by atoms with Crippen LogP contribution in [0.15, 0.2) is 22.3 Å². The molecule has 0 aliphatic carbocycles. The number of nitrogens with two attached hydrogens (primary N) is 1. The van der Waals surface area contributed by atoms with E-state index >= 15 is 0 Å². The minimum absolute atomic E-state index is 0.393. The number of halogens is 1. The topological polar surface area (TPSA) is 69.2 Å². The average Bonchev–Trinajstić information content (AvgIpc) is 2.46. The smallest absolute Gasteiger partial charge is 0.180 e. The summed E-state index contributed by atoms with van der Waals surface area (Å²) in [6.07, 6.45) is 3.41. The maximum Gasteiger partial charge on any atom is 0.180 e. The molecule has 5 nitrogen and oxygen atoms in total. The Kier molecular flexibility index (Phi) is 8.12. The van der Waals surface area contributed by atoms with Crippen LogP contribution >= 0.6 is 23.4 Å². The van der Waals surface area contributed by atoms with Crippen LogP contribution in [0.4, 0.5) is 0 Å². The predicted molar refractivity (Wildman–Crippen MR) is 95.7 cm³/mol. The summed E-state index contributed by atoms with van der Waals surface area (Å²) in [7, 11) is 0. The number of ether oxygens (including phenoxy) is 2. The highest BCUT2D eigenvalue weighted by molar-refractivity contribution is 8.13. The van der Waals surface area contributed by atoms with Gasteiger partial charge in [0.1, 0.15) is 0 Å². The summed E-state index contributed by atoms with van der Waals surface area (Å²) in [6, 6.07) is 3.58. The highest BCUT2D eigenvalue weighted by Gasteiger charge is 2.12. The second-order valence-electron chi connectivity index (χ2n) is 4.85. The molecule has 7 heteroatoms. The maximum atomic E-state index is 6.29. The van der Waals surface area contributed by atoms with Gasteiger partial charge >= 0.3 is 0 Å². The van der Waals surface area contributed by atoms with Gasteiger partial charge in [-0.1, -0.05) is 37.2 Å². The molecule has 0 aliphatic rings. The van der Waals surface area contributed by atoms with Crippen LogP contribution in [0, 0.1) is 5.92 Å². The first-order chi connectivity index (χ1) is 10.5. The van der Waals surface area contributed by atoms with Crippen LogP contribution < -0.4 is 15.2 Å². The van der Waals surface area contributed by atoms with E-state index < -0.39 is 0 Å². The third-order valence-electron chi connectivity index (χ3n) is 2.46. The van der Waals surface area contributed by atoms with Crippen molar-refractivity contribution in [2.45, 2.75) is 20.8 Å². The minimum atomic E-state index is 0.393. The molecule has 0 amide bonds. The lowest BCUT2D eigenvalue weighted by molar-refractivity contribution is 0.248. The molecule has 22 heavy (non-hydrogen) atoms. The lowest BCUT2D eigenvalue weighted by atomic mass is 10.2. The number of amidine groups is 1. The van der Waals surface area contributed by atoms with Crippen LogP contribution in [0.1, 0.15) is 26.3 Å². The van der Waals surface area contributed by atoms with Gasteiger partial charge < -0.3 is 15.2 Å². The van der Waals surface area contributed by atoms with E-state index in [1.807, 2.05) is 19.2 Å². The number of benzene rings is 1. The van der Waals surface area contributed by atoms with Crippen molar-refractivity contribution in [3.05, 3.63) is 22.7 Å². The molecule has 0 heterocycles. The molecular formula is C15H22ClN3O2S. The van der Waals surface area contributed by atoms with Crippen LogP contribution in [-0.4, -0.2) is 30.9 Å². The van der Waals surface area contributed by atoms with E-state index in [0.29, 0.717) is 40.8 Å². The third kappa shape index (κ3) is 6.15. The Balaban J connectivity index is 3.03. The summed E-state index contributed by atoms with van der Waals surface area (Å²) in [6.45, 7) is 7.14. The van der Waals surface area contributed by atoms with E-state index in [9.17, 15) is 0 Å². The molecule has 0 saturated heterocycles. The fourth-order valence-corrected chi connectivity index (χ4v) is 1.91. The van der Waals surface area contributed by atoms with Gasteiger partial charge in [-0.2, -0.15) is 5.10 Å². The van der Waals surface area contributed by atoms with Gasteiger partial charge in [-0.15, -0.1) is 5.10 Å². The Hall–Kier alpha value is -1.40. The number of hydrogen-bond acceptors (Lipinski definition) is 5. The molecular weight excluding hydrogens is 322 g/mol. The van der Waals surface area contributed by atoms with Crippen LogP contribution in [0.2, 0.25) is 5.02 Å². The van der Waals surface area contributed by atoms with Gasteiger partial charge in [0.05, 0.1) is 24.5 Å². The van der Waals surface area contributed by atoms with Crippen molar-refractivity contribution < 1.29 is 9.47 Å². The van der Waals surface area contributed by atoms with Crippen molar-refractivity contribution in [3.8, 4) is 11.5 Å². The molecule has 1 rings (SSSR count). The largest absolute Gasteiger partial charge is 0.490 e. The van der Waals surface area contributed by atoms with Crippen molar-refractivity contribution in [1.82, 2.24) is 0 Å². The summed E-state index contributed by atoms with van der Waals surface area (Å²) >= 11 is 7.62. The quantitative estimate of drug-likeness (QED) is 0.464. The first kappa shape index (κ1) is 18.6. The second kappa shape index (κ2) is 9.58. The number of nitrogens with zero attached hydrogens (tertiary/aromatic N) is 2. The van der Waals surface area contributed by atoms with E-state index in [0.717, 1.165) is 5.56 Å². The van der Waals surface area contributed by atoms with E-state index in [1.54, 1.807) is 12.3 Å². The molecule has 122 valence electrons. The molecule has 0 unspecified atom stereocenters. The second-order valence-corrected chi connectivity index (χ2v) is 6.09. The molecule has 0 radical (unpaired) electrons. The fraction of sp³-hybridized carbons (Fsp3) is 0.467. The Morgan fingerprint density at radius 1 is 1.41 bits per heavy atom. The van der Waals surface area contributed by atoms with Gasteiger partial charge in [0.15, 0.2) is 16.7 Å². The average molecular weight is 344 g/mol. The van der Waals surface area contributed by atoms with Crippen LogP contribution in [-0.2, 0) is 0 Å². The molecule has 2 N–H and O–H groups in total. The van der Waals surface area contributed by atoms with Gasteiger partial charge in [-0.3, -0.25) is 0 Å². The lowest BCUT2D eigenvalue weighted by Crippen LogP contribution is -2.07. The third-order valence-corrected chi connectivity index (χ3v) is 3.25. The maximum absolute atomic E-state index is 6.29. The Morgan fingerprint density at radius 3 is 2.73 bits per heavy atom. The van der Waals surface area contributed by atoms with Gasteiger partial charge in [0, 0.05) is 5.56 Å². The van der Waals surface area contributed by atoms with Crippen molar-refractivity contribution in [2.75, 3.05) is 19.5 Å². The minimum Gasteiger partial charge on any atom is -0.490 e.